The molecule has 4 nitrogen and oxygen atoms in total. The number of hydrogen-bond acceptors (Lipinski definition) is 4. The van der Waals surface area contributed by atoms with Gasteiger partial charge in [-0.3, -0.25) is 0 Å². The molecule has 0 amide bonds. The van der Waals surface area contributed by atoms with Crippen molar-refractivity contribution in [2.75, 3.05) is 13.2 Å². The molecule has 0 bridgehead atoms. The van der Waals surface area contributed by atoms with Crippen molar-refractivity contribution in [2.24, 2.45) is 0 Å². The molecule has 1 aromatic rings. The van der Waals surface area contributed by atoms with Crippen LogP contribution in [-0.2, 0) is 20.7 Å². The van der Waals surface area contributed by atoms with Gasteiger partial charge in [-0.1, -0.05) is 12.1 Å². The van der Waals surface area contributed by atoms with Gasteiger partial charge in [-0.05, 0) is 24.1 Å². The van der Waals surface area contributed by atoms with Crippen LogP contribution < -0.4 is 0 Å². The molecule has 1 aromatic carbocycles. The third-order valence-electron chi connectivity index (χ3n) is 2.94. The molecule has 0 atom stereocenters. The number of carbonyl (C=O) groups is 1. The average Bonchev–Trinajstić information content (AvgIpc) is 2.78. The van der Waals surface area contributed by atoms with Crippen molar-refractivity contribution in [2.45, 2.75) is 25.0 Å². The largest absolute Gasteiger partial charge is 0.508 e. The van der Waals surface area contributed by atoms with E-state index < -0.39 is 5.79 Å². The lowest BCUT2D eigenvalue weighted by atomic mass is 10.0. The van der Waals surface area contributed by atoms with E-state index in [2.05, 4.69) is 0 Å². The van der Waals surface area contributed by atoms with Crippen LogP contribution in [0.15, 0.2) is 24.3 Å². The molecular weight excluding hydrogens is 220 g/mol. The number of rotatable bonds is 5. The average molecular weight is 236 g/mol. The Labute approximate surface area is 100 Å². The number of ether oxygens (including phenoxy) is 2. The van der Waals surface area contributed by atoms with Crippen LogP contribution in [0.3, 0.4) is 0 Å². The molecule has 0 aromatic heterocycles. The maximum absolute atomic E-state index is 10.6. The Balaban J connectivity index is 1.95. The number of hydrogen-bond donors (Lipinski definition) is 1. The molecule has 1 aliphatic heterocycles. The van der Waals surface area contributed by atoms with E-state index >= 15 is 0 Å². The Morgan fingerprint density at radius 3 is 2.47 bits per heavy atom. The Morgan fingerprint density at radius 1 is 1.24 bits per heavy atom. The fourth-order valence-electron chi connectivity index (χ4n) is 1.99. The molecule has 1 aliphatic rings. The van der Waals surface area contributed by atoms with Gasteiger partial charge < -0.3 is 19.4 Å². The van der Waals surface area contributed by atoms with Gasteiger partial charge in [-0.2, -0.15) is 0 Å². The molecular formula is C13H16O4. The van der Waals surface area contributed by atoms with Crippen LogP contribution in [-0.4, -0.2) is 30.4 Å². The van der Waals surface area contributed by atoms with E-state index in [1.165, 1.54) is 0 Å². The van der Waals surface area contributed by atoms with Gasteiger partial charge in [0, 0.05) is 6.42 Å². The summed E-state index contributed by atoms with van der Waals surface area (Å²) >= 11 is 0. The van der Waals surface area contributed by atoms with E-state index in [0.29, 0.717) is 19.6 Å². The number of aryl methyl sites for hydroxylation is 1. The Bertz CT molecular complexity index is 366. The summed E-state index contributed by atoms with van der Waals surface area (Å²) in [6.45, 7) is 1.09. The van der Waals surface area contributed by atoms with Crippen molar-refractivity contribution in [3.8, 4) is 5.75 Å². The second kappa shape index (κ2) is 5.29. The van der Waals surface area contributed by atoms with Gasteiger partial charge in [0.05, 0.1) is 19.6 Å². The highest BCUT2D eigenvalue weighted by Gasteiger charge is 2.35. The third-order valence-corrected chi connectivity index (χ3v) is 2.94. The number of benzene rings is 1. The molecule has 4 heteroatoms. The van der Waals surface area contributed by atoms with E-state index in [1.54, 1.807) is 12.1 Å². The SMILES string of the molecule is O=CCC1(CCc2ccc(O)cc2)OCCO1. The summed E-state index contributed by atoms with van der Waals surface area (Å²) in [4.78, 5) is 10.6. The van der Waals surface area contributed by atoms with Crippen LogP contribution in [0.4, 0.5) is 0 Å². The normalized spacial score (nSPS) is 18.1. The second-order valence-electron chi connectivity index (χ2n) is 4.14. The highest BCUT2D eigenvalue weighted by atomic mass is 16.7. The molecule has 1 N–H and O–H groups in total. The monoisotopic (exact) mass is 236 g/mol. The number of phenolic OH excluding ortho intramolecular Hbond substituents is 1. The lowest BCUT2D eigenvalue weighted by molar-refractivity contribution is -0.167. The van der Waals surface area contributed by atoms with Crippen LogP contribution in [0.25, 0.3) is 0 Å². The number of aromatic hydroxyl groups is 1. The van der Waals surface area contributed by atoms with E-state index in [4.69, 9.17) is 9.47 Å². The predicted octanol–water partition coefficient (Wildman–Crippen LogP) is 1.66. The molecule has 1 fully saturated rings. The van der Waals surface area contributed by atoms with Crippen molar-refractivity contribution < 1.29 is 19.4 Å². The minimum absolute atomic E-state index is 0.254. The Hall–Kier alpha value is -1.39. The molecule has 0 aliphatic carbocycles. The highest BCUT2D eigenvalue weighted by molar-refractivity contribution is 5.51. The topological polar surface area (TPSA) is 55.8 Å². The van der Waals surface area contributed by atoms with Gasteiger partial charge in [-0.15, -0.1) is 0 Å². The van der Waals surface area contributed by atoms with Gasteiger partial charge in [0.2, 0.25) is 0 Å². The quantitative estimate of drug-likeness (QED) is 0.790. The summed E-state index contributed by atoms with van der Waals surface area (Å²) in [6.07, 6.45) is 2.51. The molecule has 0 radical (unpaired) electrons. The third kappa shape index (κ3) is 3.05. The minimum atomic E-state index is -0.736. The van der Waals surface area contributed by atoms with Crippen molar-refractivity contribution in [1.82, 2.24) is 0 Å². The summed E-state index contributed by atoms with van der Waals surface area (Å²) in [7, 11) is 0. The van der Waals surface area contributed by atoms with Crippen LogP contribution in [0, 0.1) is 0 Å². The van der Waals surface area contributed by atoms with Gasteiger partial charge in [0.15, 0.2) is 5.79 Å². The Kier molecular flexibility index (Phi) is 3.76. The number of carbonyl (C=O) groups excluding carboxylic acids is 1. The first kappa shape index (κ1) is 12.1. The van der Waals surface area contributed by atoms with Crippen LogP contribution in [0.5, 0.6) is 5.75 Å². The molecule has 0 spiro atoms. The number of aldehydes is 1. The fraction of sp³-hybridized carbons (Fsp3) is 0.462. The molecule has 1 saturated heterocycles. The predicted molar refractivity (Wildman–Crippen MR) is 61.7 cm³/mol. The fourth-order valence-corrected chi connectivity index (χ4v) is 1.99. The van der Waals surface area contributed by atoms with E-state index in [0.717, 1.165) is 18.3 Å². The zero-order chi connectivity index (χ0) is 12.1. The van der Waals surface area contributed by atoms with Crippen LogP contribution >= 0.6 is 0 Å². The van der Waals surface area contributed by atoms with Crippen LogP contribution in [0.2, 0.25) is 0 Å². The highest BCUT2D eigenvalue weighted by Crippen LogP contribution is 2.28. The molecule has 92 valence electrons. The summed E-state index contributed by atoms with van der Waals surface area (Å²) in [5, 5.41) is 9.18. The Morgan fingerprint density at radius 2 is 1.88 bits per heavy atom. The summed E-state index contributed by atoms with van der Waals surface area (Å²) in [5.74, 6) is -0.482. The lowest BCUT2D eigenvalue weighted by Gasteiger charge is -2.25. The summed E-state index contributed by atoms with van der Waals surface area (Å²) < 4.78 is 11.0. The molecule has 17 heavy (non-hydrogen) atoms. The number of phenols is 1. The maximum Gasteiger partial charge on any atom is 0.175 e. The summed E-state index contributed by atoms with van der Waals surface area (Å²) in [6, 6.07) is 7.02. The summed E-state index contributed by atoms with van der Waals surface area (Å²) in [5.41, 5.74) is 1.09. The van der Waals surface area contributed by atoms with E-state index in [1.807, 2.05) is 12.1 Å². The van der Waals surface area contributed by atoms with Crippen molar-refractivity contribution in [3.63, 3.8) is 0 Å². The molecule has 2 rings (SSSR count). The first-order chi connectivity index (χ1) is 8.24. The zero-order valence-electron chi connectivity index (χ0n) is 9.59. The van der Waals surface area contributed by atoms with Gasteiger partial charge in [0.1, 0.15) is 12.0 Å². The minimum Gasteiger partial charge on any atom is -0.508 e. The standard InChI is InChI=1S/C13H16O4/c14-8-7-13(16-9-10-17-13)6-5-11-1-3-12(15)4-2-11/h1-4,8,15H,5-7,9-10H2. The zero-order valence-corrected chi connectivity index (χ0v) is 9.59. The first-order valence-corrected chi connectivity index (χ1v) is 5.74. The van der Waals surface area contributed by atoms with Crippen molar-refractivity contribution in [1.29, 1.82) is 0 Å². The van der Waals surface area contributed by atoms with E-state index in [-0.39, 0.29) is 12.2 Å². The smallest absolute Gasteiger partial charge is 0.175 e. The van der Waals surface area contributed by atoms with Crippen LogP contribution in [0.1, 0.15) is 18.4 Å². The van der Waals surface area contributed by atoms with Crippen molar-refractivity contribution >= 4 is 6.29 Å². The van der Waals surface area contributed by atoms with Gasteiger partial charge in [-0.25, -0.2) is 0 Å². The van der Waals surface area contributed by atoms with Gasteiger partial charge in [0.25, 0.3) is 0 Å². The molecule has 0 unspecified atom stereocenters. The second-order valence-corrected chi connectivity index (χ2v) is 4.14. The molecule has 0 saturated carbocycles. The van der Waals surface area contributed by atoms with Gasteiger partial charge >= 0.3 is 0 Å². The first-order valence-electron chi connectivity index (χ1n) is 5.74. The lowest BCUT2D eigenvalue weighted by Crippen LogP contribution is -2.31. The van der Waals surface area contributed by atoms with E-state index in [9.17, 15) is 9.90 Å². The molecule has 1 heterocycles. The van der Waals surface area contributed by atoms with Crippen molar-refractivity contribution in [3.05, 3.63) is 29.8 Å². The maximum atomic E-state index is 10.6.